The zero-order chi connectivity index (χ0) is 29.9. The minimum atomic E-state index is -0.802. The third kappa shape index (κ3) is 4.62. The van der Waals surface area contributed by atoms with Crippen LogP contribution in [0.25, 0.3) is 0 Å². The molecule has 0 spiro atoms. The van der Waals surface area contributed by atoms with E-state index in [9.17, 15) is 9.59 Å². The van der Waals surface area contributed by atoms with E-state index in [4.69, 9.17) is 14.2 Å². The summed E-state index contributed by atoms with van der Waals surface area (Å²) in [6, 6.07) is 1.80. The SMILES string of the molecule is CCCC1(C2(C)Oc3c(C)c4c(c(C)c3O2)C(=O)N(Cc2c(OC)cc(C)[nH]c2=O)CC4)CCC(C)(N(C)C)CC1. The predicted octanol–water partition coefficient (Wildman–Crippen LogP) is 5.68. The van der Waals surface area contributed by atoms with Crippen molar-refractivity contribution in [1.29, 1.82) is 0 Å². The standard InChI is InChI=1S/C33H47N3O5/c1-10-12-33(15-13-31(5,14-16-33)35(7)8)32(6)40-27-21(3)23-11-17-36(30(38)26(23)22(4)28(27)41-32)19-24-25(39-9)18-20(2)34-29(24)37/h18H,10-17,19H2,1-9H3,(H,34,37). The summed E-state index contributed by atoms with van der Waals surface area (Å²) in [4.78, 5) is 33.7. The van der Waals surface area contributed by atoms with Gasteiger partial charge in [-0.2, -0.15) is 0 Å². The molecule has 1 N–H and O–H groups in total. The molecule has 1 amide bonds. The molecular weight excluding hydrogens is 518 g/mol. The molecule has 1 aromatic carbocycles. The van der Waals surface area contributed by atoms with Crippen LogP contribution >= 0.6 is 0 Å². The molecule has 0 bridgehead atoms. The zero-order valence-electron chi connectivity index (χ0n) is 26.4. The molecular formula is C33H47N3O5. The Morgan fingerprint density at radius 1 is 1.02 bits per heavy atom. The minimum Gasteiger partial charge on any atom is -0.496 e. The Morgan fingerprint density at radius 3 is 2.24 bits per heavy atom. The zero-order valence-corrected chi connectivity index (χ0v) is 26.4. The number of carbonyl (C=O) groups excluding carboxylic acids is 1. The van der Waals surface area contributed by atoms with Gasteiger partial charge < -0.3 is 29.0 Å². The highest BCUT2D eigenvalue weighted by Crippen LogP contribution is 2.59. The summed E-state index contributed by atoms with van der Waals surface area (Å²) in [6.45, 7) is 13.3. The first-order valence-electron chi connectivity index (χ1n) is 15.1. The number of aromatic amines is 1. The summed E-state index contributed by atoms with van der Waals surface area (Å²) in [5.74, 6) is 1.10. The number of benzene rings is 1. The molecule has 3 heterocycles. The molecule has 1 atom stereocenters. The monoisotopic (exact) mass is 565 g/mol. The van der Waals surface area contributed by atoms with Gasteiger partial charge in [0, 0.05) is 41.2 Å². The van der Waals surface area contributed by atoms with E-state index >= 15 is 0 Å². The van der Waals surface area contributed by atoms with Crippen LogP contribution in [0.15, 0.2) is 10.9 Å². The number of nitrogens with one attached hydrogen (secondary N) is 1. The van der Waals surface area contributed by atoms with Crippen LogP contribution in [0.2, 0.25) is 0 Å². The number of fused-ring (bicyclic) bond motifs is 2. The Hall–Kier alpha value is -3.00. The summed E-state index contributed by atoms with van der Waals surface area (Å²) in [7, 11) is 5.90. The van der Waals surface area contributed by atoms with E-state index in [2.05, 4.69) is 51.7 Å². The van der Waals surface area contributed by atoms with E-state index in [-0.39, 0.29) is 29.0 Å². The smallest absolute Gasteiger partial charge is 0.256 e. The number of aryl methyl sites for hydroxylation is 1. The highest BCUT2D eigenvalue weighted by Gasteiger charge is 2.58. The normalized spacial score (nSPS) is 27.4. The maximum absolute atomic E-state index is 14.0. The van der Waals surface area contributed by atoms with Crippen molar-refractivity contribution in [3.63, 3.8) is 0 Å². The van der Waals surface area contributed by atoms with Crippen LogP contribution in [0.1, 0.15) is 97.6 Å². The number of carbonyl (C=O) groups is 1. The van der Waals surface area contributed by atoms with Gasteiger partial charge in [-0.15, -0.1) is 0 Å². The lowest BCUT2D eigenvalue weighted by Crippen LogP contribution is -2.57. The highest BCUT2D eigenvalue weighted by atomic mass is 16.7. The number of rotatable bonds is 7. The molecule has 2 aromatic rings. The molecule has 8 nitrogen and oxygen atoms in total. The largest absolute Gasteiger partial charge is 0.496 e. The first-order chi connectivity index (χ1) is 19.3. The Bertz CT molecular complexity index is 1420. The van der Waals surface area contributed by atoms with Gasteiger partial charge >= 0.3 is 0 Å². The summed E-state index contributed by atoms with van der Waals surface area (Å²) >= 11 is 0. The lowest BCUT2D eigenvalue weighted by atomic mass is 9.61. The topological polar surface area (TPSA) is 84.1 Å². The van der Waals surface area contributed by atoms with E-state index in [0.717, 1.165) is 66.7 Å². The fraction of sp³-hybridized carbons (Fsp3) is 0.636. The number of pyridine rings is 1. The summed E-state index contributed by atoms with van der Waals surface area (Å²) in [5.41, 5.74) is 4.52. The van der Waals surface area contributed by atoms with Crippen LogP contribution in [-0.4, -0.2) is 59.8 Å². The molecule has 0 saturated heterocycles. The molecule has 8 heteroatoms. The maximum Gasteiger partial charge on any atom is 0.256 e. The first-order valence-corrected chi connectivity index (χ1v) is 15.1. The molecule has 3 aliphatic rings. The van der Waals surface area contributed by atoms with Crippen LogP contribution in [0.3, 0.4) is 0 Å². The van der Waals surface area contributed by atoms with Crippen LogP contribution in [-0.2, 0) is 13.0 Å². The van der Waals surface area contributed by atoms with Crippen LogP contribution in [0.4, 0.5) is 0 Å². The van der Waals surface area contributed by atoms with Crippen molar-refractivity contribution < 1.29 is 19.0 Å². The number of methoxy groups -OCH3 is 1. The molecule has 41 heavy (non-hydrogen) atoms. The van der Waals surface area contributed by atoms with Gasteiger partial charge in [-0.1, -0.05) is 13.3 Å². The molecule has 1 aliphatic carbocycles. The second kappa shape index (κ2) is 10.4. The molecule has 224 valence electrons. The van der Waals surface area contributed by atoms with Crippen molar-refractivity contribution >= 4 is 5.91 Å². The van der Waals surface area contributed by atoms with Crippen molar-refractivity contribution in [2.24, 2.45) is 5.41 Å². The van der Waals surface area contributed by atoms with Gasteiger partial charge in [0.2, 0.25) is 0 Å². The Labute approximate surface area is 244 Å². The van der Waals surface area contributed by atoms with Crippen LogP contribution in [0, 0.1) is 26.2 Å². The van der Waals surface area contributed by atoms with Crippen molar-refractivity contribution in [3.8, 4) is 17.2 Å². The highest BCUT2D eigenvalue weighted by molar-refractivity contribution is 6.00. The van der Waals surface area contributed by atoms with Crippen LogP contribution < -0.4 is 19.8 Å². The summed E-state index contributed by atoms with van der Waals surface area (Å²) < 4.78 is 19.3. The van der Waals surface area contributed by atoms with Gasteiger partial charge in [0.25, 0.3) is 17.3 Å². The van der Waals surface area contributed by atoms with Crippen molar-refractivity contribution in [2.45, 2.75) is 104 Å². The van der Waals surface area contributed by atoms with E-state index in [1.165, 1.54) is 0 Å². The van der Waals surface area contributed by atoms with E-state index < -0.39 is 5.79 Å². The molecule has 1 fully saturated rings. The summed E-state index contributed by atoms with van der Waals surface area (Å²) in [6.07, 6.45) is 6.99. The Balaban J connectivity index is 1.48. The van der Waals surface area contributed by atoms with Gasteiger partial charge in [-0.25, -0.2) is 0 Å². The average Bonchev–Trinajstić information content (AvgIpc) is 3.30. The van der Waals surface area contributed by atoms with Gasteiger partial charge in [0.15, 0.2) is 11.5 Å². The third-order valence-electron chi connectivity index (χ3n) is 10.6. The number of aromatic nitrogens is 1. The second-order valence-corrected chi connectivity index (χ2v) is 13.1. The fourth-order valence-electron chi connectivity index (χ4n) is 7.47. The van der Waals surface area contributed by atoms with Gasteiger partial charge in [-0.3, -0.25) is 9.59 Å². The molecule has 5 rings (SSSR count). The molecule has 2 aliphatic heterocycles. The molecule has 1 saturated carbocycles. The maximum atomic E-state index is 14.0. The summed E-state index contributed by atoms with van der Waals surface area (Å²) in [5, 5.41) is 0. The Kier molecular flexibility index (Phi) is 7.46. The Morgan fingerprint density at radius 2 is 1.66 bits per heavy atom. The molecule has 1 unspecified atom stereocenters. The van der Waals surface area contributed by atoms with E-state index in [1.807, 2.05) is 13.8 Å². The predicted molar refractivity (Wildman–Crippen MR) is 160 cm³/mol. The third-order valence-corrected chi connectivity index (χ3v) is 10.6. The van der Waals surface area contributed by atoms with Crippen LogP contribution in [0.5, 0.6) is 17.2 Å². The van der Waals surface area contributed by atoms with E-state index in [1.54, 1.807) is 18.1 Å². The lowest BCUT2D eigenvalue weighted by Gasteiger charge is -2.52. The van der Waals surface area contributed by atoms with Crippen molar-refractivity contribution in [1.82, 2.24) is 14.8 Å². The van der Waals surface area contributed by atoms with Crippen molar-refractivity contribution in [2.75, 3.05) is 27.7 Å². The van der Waals surface area contributed by atoms with E-state index in [0.29, 0.717) is 35.6 Å². The number of hydrogen-bond acceptors (Lipinski definition) is 6. The quantitative estimate of drug-likeness (QED) is 0.465. The second-order valence-electron chi connectivity index (χ2n) is 13.1. The fourth-order valence-corrected chi connectivity index (χ4v) is 7.47. The molecule has 0 radical (unpaired) electrons. The minimum absolute atomic E-state index is 0.0865. The number of amides is 1. The van der Waals surface area contributed by atoms with Crippen molar-refractivity contribution in [3.05, 3.63) is 49.9 Å². The number of hydrogen-bond donors (Lipinski definition) is 1. The number of nitrogens with zero attached hydrogens (tertiary/aromatic N) is 2. The average molecular weight is 566 g/mol. The number of H-pyrrole nitrogens is 1. The van der Waals surface area contributed by atoms with Gasteiger partial charge in [0.1, 0.15) is 5.75 Å². The number of ether oxygens (including phenoxy) is 3. The van der Waals surface area contributed by atoms with Gasteiger partial charge in [0.05, 0.1) is 19.2 Å². The van der Waals surface area contributed by atoms with Gasteiger partial charge in [-0.05, 0) is 97.5 Å². The first kappa shape index (κ1) is 29.5. The lowest BCUT2D eigenvalue weighted by molar-refractivity contribution is -0.190. The molecule has 1 aromatic heterocycles.